The van der Waals surface area contributed by atoms with Gasteiger partial charge in [-0.1, -0.05) is 0 Å². The van der Waals surface area contributed by atoms with E-state index in [1.165, 1.54) is 44.6 Å². The third-order valence-electron chi connectivity index (χ3n) is 7.26. The standard InChI is InChI=1S/C25H28N2O3/c1-2-30-24(29)8-5-20-4-6-22(27-26-20)19-3-7-23(28)21(12-19)25-13-16-9-17(14-25)11-18(10-16)15-25/h3-8,12,16-18,28H,2,9-11,13-15H2,1H3/b8-5+. The highest BCUT2D eigenvalue weighted by atomic mass is 16.5. The Morgan fingerprint density at radius 1 is 1.10 bits per heavy atom. The molecule has 5 heteroatoms. The lowest BCUT2D eigenvalue weighted by Crippen LogP contribution is -2.48. The molecule has 4 aliphatic carbocycles. The smallest absolute Gasteiger partial charge is 0.330 e. The second-order valence-electron chi connectivity index (χ2n) is 9.36. The molecule has 1 aromatic heterocycles. The fraction of sp³-hybridized carbons (Fsp3) is 0.480. The molecule has 1 N–H and O–H groups in total. The highest BCUT2D eigenvalue weighted by Gasteiger charge is 2.52. The summed E-state index contributed by atoms with van der Waals surface area (Å²) in [4.78, 5) is 11.5. The van der Waals surface area contributed by atoms with Gasteiger partial charge in [-0.15, -0.1) is 5.10 Å². The van der Waals surface area contributed by atoms with Crippen molar-refractivity contribution in [1.82, 2.24) is 10.2 Å². The van der Waals surface area contributed by atoms with Crippen LogP contribution in [0, 0.1) is 17.8 Å². The molecular formula is C25H28N2O3. The van der Waals surface area contributed by atoms with Gasteiger partial charge in [0.2, 0.25) is 0 Å². The average molecular weight is 405 g/mol. The van der Waals surface area contributed by atoms with Gasteiger partial charge in [-0.05, 0) is 105 Å². The summed E-state index contributed by atoms with van der Waals surface area (Å²) in [5.74, 6) is 2.50. The first-order chi connectivity index (χ1) is 14.5. The topological polar surface area (TPSA) is 72.3 Å². The van der Waals surface area contributed by atoms with Crippen molar-refractivity contribution < 1.29 is 14.6 Å². The normalized spacial score (nSPS) is 29.4. The lowest BCUT2D eigenvalue weighted by atomic mass is 9.48. The molecule has 30 heavy (non-hydrogen) atoms. The second kappa shape index (κ2) is 7.53. The van der Waals surface area contributed by atoms with Crippen LogP contribution in [0.4, 0.5) is 0 Å². The summed E-state index contributed by atoms with van der Waals surface area (Å²) in [5.41, 5.74) is 3.59. The third-order valence-corrected chi connectivity index (χ3v) is 7.26. The van der Waals surface area contributed by atoms with E-state index in [2.05, 4.69) is 16.3 Å². The summed E-state index contributed by atoms with van der Waals surface area (Å²) in [6, 6.07) is 9.63. The summed E-state index contributed by atoms with van der Waals surface area (Å²) in [7, 11) is 0. The number of aromatic nitrogens is 2. The van der Waals surface area contributed by atoms with Gasteiger partial charge < -0.3 is 9.84 Å². The Balaban J connectivity index is 1.41. The Bertz CT molecular complexity index is 945. The van der Waals surface area contributed by atoms with Crippen molar-refractivity contribution in [2.45, 2.75) is 50.9 Å². The first-order valence-electron chi connectivity index (χ1n) is 11.1. The van der Waals surface area contributed by atoms with E-state index in [0.717, 1.165) is 34.6 Å². The highest BCUT2D eigenvalue weighted by molar-refractivity contribution is 5.86. The molecule has 4 fully saturated rings. The van der Waals surface area contributed by atoms with Crippen molar-refractivity contribution >= 4 is 12.0 Å². The molecule has 5 nitrogen and oxygen atoms in total. The number of hydrogen-bond donors (Lipinski definition) is 1. The number of hydrogen-bond acceptors (Lipinski definition) is 5. The quantitative estimate of drug-likeness (QED) is 0.567. The number of aromatic hydroxyl groups is 1. The molecule has 6 rings (SSSR count). The highest BCUT2D eigenvalue weighted by Crippen LogP contribution is 2.62. The van der Waals surface area contributed by atoms with Gasteiger partial charge in [0.05, 0.1) is 18.0 Å². The molecule has 4 bridgehead atoms. The number of phenolic OH excluding ortho intramolecular Hbond substituents is 1. The predicted octanol–water partition coefficient (Wildman–Crippen LogP) is 4.89. The number of carbonyl (C=O) groups excluding carboxylic acids is 1. The first-order valence-corrected chi connectivity index (χ1v) is 11.1. The number of phenols is 1. The van der Waals surface area contributed by atoms with Crippen LogP contribution in [0.15, 0.2) is 36.4 Å². The van der Waals surface area contributed by atoms with Crippen molar-refractivity contribution in [3.8, 4) is 17.0 Å². The fourth-order valence-electron chi connectivity index (χ4n) is 6.49. The van der Waals surface area contributed by atoms with Gasteiger partial charge in [-0.3, -0.25) is 0 Å². The molecule has 1 aromatic carbocycles. The zero-order valence-corrected chi connectivity index (χ0v) is 17.4. The SMILES string of the molecule is CCOC(=O)/C=C/c1ccc(-c2ccc(O)c(C34CC5CC(CC(C5)C3)C4)c2)nn1. The molecule has 1 heterocycles. The maximum absolute atomic E-state index is 11.5. The number of nitrogens with zero attached hydrogens (tertiary/aromatic N) is 2. The molecule has 0 atom stereocenters. The first kappa shape index (κ1) is 19.3. The van der Waals surface area contributed by atoms with Crippen LogP contribution in [0.1, 0.15) is 56.7 Å². The van der Waals surface area contributed by atoms with E-state index in [0.29, 0.717) is 18.1 Å². The fourth-order valence-corrected chi connectivity index (χ4v) is 6.49. The number of benzene rings is 1. The van der Waals surface area contributed by atoms with Gasteiger partial charge in [-0.25, -0.2) is 4.79 Å². The minimum atomic E-state index is -0.387. The third kappa shape index (κ3) is 3.51. The Labute approximate surface area is 177 Å². The van der Waals surface area contributed by atoms with Gasteiger partial charge in [0.15, 0.2) is 0 Å². The van der Waals surface area contributed by atoms with E-state index in [9.17, 15) is 9.90 Å². The van der Waals surface area contributed by atoms with E-state index in [-0.39, 0.29) is 11.4 Å². The van der Waals surface area contributed by atoms with Crippen molar-refractivity contribution in [1.29, 1.82) is 0 Å². The maximum Gasteiger partial charge on any atom is 0.330 e. The molecule has 156 valence electrons. The zero-order valence-electron chi connectivity index (χ0n) is 17.4. The van der Waals surface area contributed by atoms with Gasteiger partial charge in [0, 0.05) is 17.2 Å². The van der Waals surface area contributed by atoms with Crippen LogP contribution >= 0.6 is 0 Å². The molecular weight excluding hydrogens is 376 g/mol. The van der Waals surface area contributed by atoms with Crippen LogP contribution in [0.2, 0.25) is 0 Å². The average Bonchev–Trinajstić information content (AvgIpc) is 2.72. The van der Waals surface area contributed by atoms with Crippen molar-refractivity contribution in [2.75, 3.05) is 6.61 Å². The van der Waals surface area contributed by atoms with E-state index in [1.54, 1.807) is 13.0 Å². The molecule has 0 unspecified atom stereocenters. The van der Waals surface area contributed by atoms with Gasteiger partial charge in [0.25, 0.3) is 0 Å². The van der Waals surface area contributed by atoms with E-state index in [1.807, 2.05) is 24.3 Å². The minimum absolute atomic E-state index is 0.130. The van der Waals surface area contributed by atoms with Crippen LogP contribution in [-0.2, 0) is 14.9 Å². The summed E-state index contributed by atoms with van der Waals surface area (Å²) < 4.78 is 4.88. The van der Waals surface area contributed by atoms with Gasteiger partial charge in [-0.2, -0.15) is 5.10 Å². The second-order valence-corrected chi connectivity index (χ2v) is 9.36. The summed E-state index contributed by atoms with van der Waals surface area (Å²) >= 11 is 0. The molecule has 0 amide bonds. The summed E-state index contributed by atoms with van der Waals surface area (Å²) in [6.07, 6.45) is 10.7. The van der Waals surface area contributed by atoms with Gasteiger partial charge in [0.1, 0.15) is 5.75 Å². The number of carbonyl (C=O) groups is 1. The molecule has 4 aliphatic rings. The van der Waals surface area contributed by atoms with E-state index < -0.39 is 0 Å². The molecule has 4 saturated carbocycles. The molecule has 2 aromatic rings. The lowest BCUT2D eigenvalue weighted by molar-refractivity contribution is -0.137. The monoisotopic (exact) mass is 404 g/mol. The van der Waals surface area contributed by atoms with Crippen LogP contribution in [0.5, 0.6) is 5.75 Å². The molecule has 0 spiro atoms. The van der Waals surface area contributed by atoms with Crippen LogP contribution in [-0.4, -0.2) is 27.9 Å². The number of ether oxygens (including phenoxy) is 1. The molecule has 0 radical (unpaired) electrons. The minimum Gasteiger partial charge on any atom is -0.508 e. The summed E-state index contributed by atoms with van der Waals surface area (Å²) in [5, 5.41) is 19.3. The molecule has 0 aliphatic heterocycles. The van der Waals surface area contributed by atoms with E-state index >= 15 is 0 Å². The number of esters is 1. The van der Waals surface area contributed by atoms with E-state index in [4.69, 9.17) is 4.74 Å². The Hall–Kier alpha value is -2.69. The Kier molecular flexibility index (Phi) is 4.84. The van der Waals surface area contributed by atoms with Crippen molar-refractivity contribution in [3.05, 3.63) is 47.7 Å². The number of rotatable bonds is 5. The lowest BCUT2D eigenvalue weighted by Gasteiger charge is -2.57. The molecule has 0 saturated heterocycles. The van der Waals surface area contributed by atoms with Crippen LogP contribution in [0.3, 0.4) is 0 Å². The van der Waals surface area contributed by atoms with Crippen molar-refractivity contribution in [3.63, 3.8) is 0 Å². The van der Waals surface area contributed by atoms with Crippen LogP contribution in [0.25, 0.3) is 17.3 Å². The summed E-state index contributed by atoms with van der Waals surface area (Å²) in [6.45, 7) is 2.12. The van der Waals surface area contributed by atoms with Gasteiger partial charge >= 0.3 is 5.97 Å². The maximum atomic E-state index is 11.5. The Morgan fingerprint density at radius 3 is 2.40 bits per heavy atom. The largest absolute Gasteiger partial charge is 0.508 e. The zero-order chi connectivity index (χ0) is 20.7. The van der Waals surface area contributed by atoms with Crippen molar-refractivity contribution in [2.24, 2.45) is 17.8 Å². The predicted molar refractivity (Wildman–Crippen MR) is 115 cm³/mol. The van der Waals surface area contributed by atoms with Crippen LogP contribution < -0.4 is 0 Å². The Morgan fingerprint density at radius 2 is 1.80 bits per heavy atom.